The quantitative estimate of drug-likeness (QED) is 0.677. The summed E-state index contributed by atoms with van der Waals surface area (Å²) < 4.78 is 25.7. The molecule has 0 bridgehead atoms. The van der Waals surface area contributed by atoms with Gasteiger partial charge >= 0.3 is 6.03 Å². The van der Waals surface area contributed by atoms with Crippen LogP contribution in [0.1, 0.15) is 25.3 Å². The lowest BCUT2D eigenvalue weighted by atomic mass is 10.2. The lowest BCUT2D eigenvalue weighted by molar-refractivity contribution is 0.245. The Bertz CT molecular complexity index is 512. The van der Waals surface area contributed by atoms with Crippen molar-refractivity contribution < 1.29 is 13.2 Å². The average Bonchev–Trinajstić information content (AvgIpc) is 2.38. The third-order valence-corrected chi connectivity index (χ3v) is 3.86. The number of urea groups is 1. The number of hydrogen-bond donors (Lipinski definition) is 3. The number of rotatable bonds is 6. The predicted octanol–water partition coefficient (Wildman–Crippen LogP) is 0.933. The maximum atomic E-state index is 11.9. The number of carbonyl (C=O) groups is 1. The molecule has 1 aromatic rings. The molecule has 1 rings (SSSR count). The van der Waals surface area contributed by atoms with Gasteiger partial charge in [0, 0.05) is 13.1 Å². The first-order valence-corrected chi connectivity index (χ1v) is 7.57. The molecule has 0 atom stereocenters. The number of nitrogens with one attached hydrogen (secondary N) is 2. The molecule has 0 fully saturated rings. The minimum atomic E-state index is -3.82. The number of benzene rings is 1. The molecule has 0 saturated heterocycles. The van der Waals surface area contributed by atoms with Crippen molar-refractivity contribution in [3.05, 3.63) is 29.8 Å². The van der Waals surface area contributed by atoms with E-state index < -0.39 is 16.1 Å². The first-order chi connectivity index (χ1) is 8.99. The number of amides is 2. The fourth-order valence-electron chi connectivity index (χ4n) is 1.40. The van der Waals surface area contributed by atoms with Gasteiger partial charge in [-0.3, -0.25) is 0 Å². The van der Waals surface area contributed by atoms with Crippen LogP contribution >= 0.6 is 0 Å². The van der Waals surface area contributed by atoms with E-state index in [4.69, 9.17) is 5.73 Å². The molecule has 2 amide bonds. The van der Waals surface area contributed by atoms with Crippen LogP contribution in [0.25, 0.3) is 0 Å². The van der Waals surface area contributed by atoms with Crippen molar-refractivity contribution in [1.82, 2.24) is 10.0 Å². The van der Waals surface area contributed by atoms with Crippen LogP contribution in [-0.4, -0.2) is 21.0 Å². The van der Waals surface area contributed by atoms with Gasteiger partial charge in [-0.1, -0.05) is 25.5 Å². The largest absolute Gasteiger partial charge is 0.337 e. The van der Waals surface area contributed by atoms with E-state index in [1.807, 2.05) is 11.6 Å². The van der Waals surface area contributed by atoms with E-state index in [0.29, 0.717) is 13.1 Å². The predicted molar refractivity (Wildman–Crippen MR) is 73.0 cm³/mol. The highest BCUT2D eigenvalue weighted by atomic mass is 32.2. The summed E-state index contributed by atoms with van der Waals surface area (Å²) in [5.41, 5.74) is 6.25. The summed E-state index contributed by atoms with van der Waals surface area (Å²) in [7, 11) is -3.82. The number of carbonyl (C=O) groups excluding carboxylic acids is 1. The molecule has 0 saturated carbocycles. The van der Waals surface area contributed by atoms with Crippen molar-refractivity contribution in [2.75, 3.05) is 6.54 Å². The lowest BCUT2D eigenvalue weighted by Crippen LogP contribution is -2.39. The number of nitrogens with two attached hydrogens (primary N) is 1. The van der Waals surface area contributed by atoms with Gasteiger partial charge in [0.05, 0.1) is 4.90 Å². The maximum absolute atomic E-state index is 11.9. The molecule has 19 heavy (non-hydrogen) atoms. The van der Waals surface area contributed by atoms with Gasteiger partial charge in [-0.2, -0.15) is 0 Å². The van der Waals surface area contributed by atoms with E-state index in [9.17, 15) is 13.2 Å². The van der Waals surface area contributed by atoms with Crippen LogP contribution in [0.5, 0.6) is 0 Å². The summed E-state index contributed by atoms with van der Waals surface area (Å²) in [5, 5.41) is 2.48. The third kappa shape index (κ3) is 4.88. The molecular weight excluding hydrogens is 266 g/mol. The Hall–Kier alpha value is -1.60. The van der Waals surface area contributed by atoms with Gasteiger partial charge in [-0.05, 0) is 24.1 Å². The molecule has 0 aliphatic rings. The van der Waals surface area contributed by atoms with Crippen LogP contribution in [0.3, 0.4) is 0 Å². The van der Waals surface area contributed by atoms with Crippen molar-refractivity contribution in [2.45, 2.75) is 31.2 Å². The van der Waals surface area contributed by atoms with Gasteiger partial charge < -0.3 is 11.1 Å². The topological polar surface area (TPSA) is 101 Å². The highest BCUT2D eigenvalue weighted by molar-refractivity contribution is 7.90. The van der Waals surface area contributed by atoms with Gasteiger partial charge in [-0.25, -0.2) is 17.9 Å². The second-order valence-corrected chi connectivity index (χ2v) is 5.75. The van der Waals surface area contributed by atoms with E-state index >= 15 is 0 Å². The van der Waals surface area contributed by atoms with Crippen molar-refractivity contribution in [2.24, 2.45) is 5.73 Å². The summed E-state index contributed by atoms with van der Waals surface area (Å²) in [6.07, 6.45) is 1.73. The van der Waals surface area contributed by atoms with Gasteiger partial charge in [0.2, 0.25) is 0 Å². The number of unbranched alkanes of at least 4 members (excludes halogenated alkanes) is 1. The van der Waals surface area contributed by atoms with Crippen LogP contribution in [0.4, 0.5) is 4.79 Å². The molecular formula is C12H19N3O3S. The van der Waals surface area contributed by atoms with E-state index in [0.717, 1.165) is 18.4 Å². The minimum absolute atomic E-state index is 0.0374. The van der Waals surface area contributed by atoms with Crippen LogP contribution in [0, 0.1) is 0 Å². The zero-order valence-corrected chi connectivity index (χ0v) is 11.7. The van der Waals surface area contributed by atoms with Gasteiger partial charge in [0.1, 0.15) is 0 Å². The van der Waals surface area contributed by atoms with Crippen LogP contribution in [0.2, 0.25) is 0 Å². The molecule has 0 spiro atoms. The highest BCUT2D eigenvalue weighted by Gasteiger charge is 2.16. The van der Waals surface area contributed by atoms with Crippen molar-refractivity contribution in [3.8, 4) is 0 Å². The molecule has 0 heterocycles. The van der Waals surface area contributed by atoms with Gasteiger partial charge in [0.15, 0.2) is 0 Å². The van der Waals surface area contributed by atoms with E-state index in [1.165, 1.54) is 12.1 Å². The third-order valence-electron chi connectivity index (χ3n) is 2.51. The molecule has 6 nitrogen and oxygen atoms in total. The van der Waals surface area contributed by atoms with Crippen LogP contribution < -0.4 is 15.8 Å². The van der Waals surface area contributed by atoms with Crippen molar-refractivity contribution in [3.63, 3.8) is 0 Å². The fraction of sp³-hybridized carbons (Fsp3) is 0.417. The van der Waals surface area contributed by atoms with Gasteiger partial charge in [-0.15, -0.1) is 0 Å². The van der Waals surface area contributed by atoms with E-state index in [-0.39, 0.29) is 4.90 Å². The van der Waals surface area contributed by atoms with Crippen molar-refractivity contribution in [1.29, 1.82) is 0 Å². The molecule has 0 radical (unpaired) electrons. The minimum Gasteiger partial charge on any atom is -0.337 e. The Kier molecular flexibility index (Phi) is 5.78. The average molecular weight is 285 g/mol. The summed E-state index contributed by atoms with van der Waals surface area (Å²) in [6.45, 7) is 2.77. The van der Waals surface area contributed by atoms with Gasteiger partial charge in [0.25, 0.3) is 10.0 Å². The molecule has 0 unspecified atom stereocenters. The Morgan fingerprint density at radius 2 is 1.89 bits per heavy atom. The first kappa shape index (κ1) is 15.5. The Balaban J connectivity index is 2.66. The molecule has 0 aliphatic carbocycles. The van der Waals surface area contributed by atoms with E-state index in [2.05, 4.69) is 5.32 Å². The highest BCUT2D eigenvalue weighted by Crippen LogP contribution is 2.09. The SMILES string of the molecule is CCCCNC(=O)NS(=O)(=O)c1ccc(CN)cc1. The summed E-state index contributed by atoms with van der Waals surface area (Å²) >= 11 is 0. The maximum Gasteiger partial charge on any atom is 0.328 e. The normalized spacial score (nSPS) is 11.1. The molecule has 4 N–H and O–H groups in total. The van der Waals surface area contributed by atoms with Crippen LogP contribution in [-0.2, 0) is 16.6 Å². The number of sulfonamides is 1. The monoisotopic (exact) mass is 285 g/mol. The molecule has 7 heteroatoms. The summed E-state index contributed by atoms with van der Waals surface area (Å²) in [4.78, 5) is 11.4. The second-order valence-electron chi connectivity index (χ2n) is 4.06. The molecule has 0 aliphatic heterocycles. The molecule has 106 valence electrons. The molecule has 1 aromatic carbocycles. The smallest absolute Gasteiger partial charge is 0.328 e. The number of hydrogen-bond acceptors (Lipinski definition) is 4. The Morgan fingerprint density at radius 1 is 1.26 bits per heavy atom. The fourth-order valence-corrected chi connectivity index (χ4v) is 2.33. The zero-order chi connectivity index (χ0) is 14.3. The van der Waals surface area contributed by atoms with E-state index in [1.54, 1.807) is 12.1 Å². The summed E-state index contributed by atoms with van der Waals surface area (Å²) in [5.74, 6) is 0. The summed E-state index contributed by atoms with van der Waals surface area (Å²) in [6, 6.07) is 5.36. The van der Waals surface area contributed by atoms with Crippen molar-refractivity contribution >= 4 is 16.1 Å². The Morgan fingerprint density at radius 3 is 2.42 bits per heavy atom. The standard InChI is InChI=1S/C12H19N3O3S/c1-2-3-8-14-12(16)15-19(17,18)11-6-4-10(9-13)5-7-11/h4-7H,2-3,8-9,13H2,1H3,(H2,14,15,16). The Labute approximate surface area is 113 Å². The lowest BCUT2D eigenvalue weighted by Gasteiger charge is -2.08. The second kappa shape index (κ2) is 7.10. The first-order valence-electron chi connectivity index (χ1n) is 6.09. The molecule has 0 aromatic heterocycles. The zero-order valence-electron chi connectivity index (χ0n) is 10.8. The van der Waals surface area contributed by atoms with Crippen LogP contribution in [0.15, 0.2) is 29.2 Å².